The topological polar surface area (TPSA) is 48.9 Å². The molecule has 2 aliphatic heterocycles. The SMILES string of the molecule is CN=C(NCC1CCCN1Cc1ccccc1)NCC1(C)CCCO1.I. The van der Waals surface area contributed by atoms with E-state index in [1.54, 1.807) is 0 Å². The van der Waals surface area contributed by atoms with Gasteiger partial charge in [0.2, 0.25) is 0 Å². The lowest BCUT2D eigenvalue weighted by Crippen LogP contribution is -2.48. The van der Waals surface area contributed by atoms with Crippen molar-refractivity contribution in [2.24, 2.45) is 4.99 Å². The van der Waals surface area contributed by atoms with Gasteiger partial charge in [-0.1, -0.05) is 30.3 Å². The molecule has 0 aromatic heterocycles. The monoisotopic (exact) mass is 472 g/mol. The largest absolute Gasteiger partial charge is 0.373 e. The van der Waals surface area contributed by atoms with E-state index in [2.05, 4.69) is 57.8 Å². The molecule has 26 heavy (non-hydrogen) atoms. The number of aliphatic imine (C=N–C) groups is 1. The molecule has 0 saturated carbocycles. The summed E-state index contributed by atoms with van der Waals surface area (Å²) in [6.07, 6.45) is 4.79. The highest BCUT2D eigenvalue weighted by Crippen LogP contribution is 2.24. The van der Waals surface area contributed by atoms with Gasteiger partial charge in [-0.3, -0.25) is 9.89 Å². The molecule has 2 unspecified atom stereocenters. The number of benzene rings is 1. The van der Waals surface area contributed by atoms with E-state index < -0.39 is 0 Å². The van der Waals surface area contributed by atoms with Crippen LogP contribution in [-0.2, 0) is 11.3 Å². The summed E-state index contributed by atoms with van der Waals surface area (Å²) in [5.74, 6) is 0.878. The van der Waals surface area contributed by atoms with Crippen LogP contribution in [0.1, 0.15) is 38.2 Å². The zero-order valence-electron chi connectivity index (χ0n) is 16.0. The summed E-state index contributed by atoms with van der Waals surface area (Å²) in [5, 5.41) is 6.95. The summed E-state index contributed by atoms with van der Waals surface area (Å²) in [6.45, 7) is 7.01. The predicted molar refractivity (Wildman–Crippen MR) is 118 cm³/mol. The minimum atomic E-state index is -0.0513. The number of guanidine groups is 1. The van der Waals surface area contributed by atoms with Crippen molar-refractivity contribution in [3.05, 3.63) is 35.9 Å². The average Bonchev–Trinajstić information content (AvgIpc) is 3.26. The van der Waals surface area contributed by atoms with E-state index in [1.165, 1.54) is 24.9 Å². The lowest BCUT2D eigenvalue weighted by Gasteiger charge is -2.27. The Kier molecular flexibility index (Phi) is 8.63. The highest BCUT2D eigenvalue weighted by atomic mass is 127. The first-order valence-electron chi connectivity index (χ1n) is 9.55. The Hall–Kier alpha value is -0.860. The Bertz CT molecular complexity index is 560. The smallest absolute Gasteiger partial charge is 0.191 e. The molecule has 2 atom stereocenters. The third-order valence-corrected chi connectivity index (χ3v) is 5.39. The van der Waals surface area contributed by atoms with E-state index in [0.717, 1.165) is 45.0 Å². The van der Waals surface area contributed by atoms with E-state index >= 15 is 0 Å². The van der Waals surface area contributed by atoms with Gasteiger partial charge in [-0.15, -0.1) is 24.0 Å². The van der Waals surface area contributed by atoms with Crippen molar-refractivity contribution in [2.45, 2.75) is 50.8 Å². The molecule has 0 spiro atoms. The van der Waals surface area contributed by atoms with Crippen LogP contribution in [0, 0.1) is 0 Å². The number of nitrogens with zero attached hydrogens (tertiary/aromatic N) is 2. The lowest BCUT2D eigenvalue weighted by molar-refractivity contribution is 0.0242. The Morgan fingerprint density at radius 1 is 1.27 bits per heavy atom. The van der Waals surface area contributed by atoms with E-state index in [1.807, 2.05) is 7.05 Å². The van der Waals surface area contributed by atoms with Crippen LogP contribution < -0.4 is 10.6 Å². The van der Waals surface area contributed by atoms with Gasteiger partial charge in [-0.25, -0.2) is 0 Å². The summed E-state index contributed by atoms with van der Waals surface area (Å²) in [7, 11) is 1.84. The molecule has 3 rings (SSSR count). The predicted octanol–water partition coefficient (Wildman–Crippen LogP) is 3.00. The van der Waals surface area contributed by atoms with Crippen LogP contribution in [-0.4, -0.2) is 55.8 Å². The zero-order chi connectivity index (χ0) is 17.5. The number of hydrogen-bond acceptors (Lipinski definition) is 3. The average molecular weight is 472 g/mol. The first-order valence-corrected chi connectivity index (χ1v) is 9.55. The van der Waals surface area contributed by atoms with Crippen molar-refractivity contribution in [3.8, 4) is 0 Å². The molecule has 2 fully saturated rings. The fourth-order valence-electron chi connectivity index (χ4n) is 3.83. The molecular weight excluding hydrogens is 439 g/mol. The minimum Gasteiger partial charge on any atom is -0.373 e. The van der Waals surface area contributed by atoms with Gasteiger partial charge in [0, 0.05) is 39.3 Å². The van der Waals surface area contributed by atoms with Crippen LogP contribution in [0.2, 0.25) is 0 Å². The van der Waals surface area contributed by atoms with Crippen LogP contribution in [0.25, 0.3) is 0 Å². The van der Waals surface area contributed by atoms with Gasteiger partial charge in [0.1, 0.15) is 0 Å². The number of ether oxygens (including phenoxy) is 1. The second kappa shape index (κ2) is 10.5. The maximum atomic E-state index is 5.84. The molecule has 1 aromatic carbocycles. The van der Waals surface area contributed by atoms with E-state index in [0.29, 0.717) is 6.04 Å². The highest BCUT2D eigenvalue weighted by Gasteiger charge is 2.30. The van der Waals surface area contributed by atoms with Crippen LogP contribution in [0.4, 0.5) is 0 Å². The quantitative estimate of drug-likeness (QED) is 0.380. The van der Waals surface area contributed by atoms with E-state index in [9.17, 15) is 0 Å². The Balaban J connectivity index is 0.00000243. The molecule has 0 bridgehead atoms. The second-order valence-electron chi connectivity index (χ2n) is 7.46. The number of rotatable bonds is 6. The van der Waals surface area contributed by atoms with Gasteiger partial charge >= 0.3 is 0 Å². The Morgan fingerprint density at radius 2 is 2.08 bits per heavy atom. The highest BCUT2D eigenvalue weighted by molar-refractivity contribution is 14.0. The van der Waals surface area contributed by atoms with Crippen LogP contribution in [0.15, 0.2) is 35.3 Å². The first kappa shape index (κ1) is 21.4. The van der Waals surface area contributed by atoms with Crippen LogP contribution in [0.5, 0.6) is 0 Å². The molecule has 6 heteroatoms. The summed E-state index contributed by atoms with van der Waals surface area (Å²) >= 11 is 0. The molecule has 1 aromatic rings. The standard InChI is InChI=1S/C20H32N4O.HI/c1-20(11-7-13-25-20)16-23-19(21-2)22-14-18-10-6-12-24(18)15-17-8-4-3-5-9-17;/h3-5,8-9,18H,6-7,10-16H2,1-2H3,(H2,21,22,23);1H. The van der Waals surface area contributed by atoms with Gasteiger partial charge in [-0.05, 0) is 44.7 Å². The zero-order valence-corrected chi connectivity index (χ0v) is 18.4. The lowest BCUT2D eigenvalue weighted by atomic mass is 10.0. The van der Waals surface area contributed by atoms with Gasteiger partial charge in [-0.2, -0.15) is 0 Å². The number of halogens is 1. The molecule has 5 nitrogen and oxygen atoms in total. The summed E-state index contributed by atoms with van der Waals surface area (Å²) in [5.41, 5.74) is 1.34. The van der Waals surface area contributed by atoms with Crippen molar-refractivity contribution < 1.29 is 4.74 Å². The fraction of sp³-hybridized carbons (Fsp3) is 0.650. The third kappa shape index (κ3) is 6.09. The van der Waals surface area contributed by atoms with Gasteiger partial charge in [0.05, 0.1) is 5.60 Å². The summed E-state index contributed by atoms with van der Waals surface area (Å²) in [6, 6.07) is 11.3. The normalized spacial score (nSPS) is 26.5. The van der Waals surface area contributed by atoms with Crippen molar-refractivity contribution in [1.29, 1.82) is 0 Å². The molecule has 2 N–H and O–H groups in total. The van der Waals surface area contributed by atoms with E-state index in [4.69, 9.17) is 4.74 Å². The van der Waals surface area contributed by atoms with Crippen molar-refractivity contribution in [1.82, 2.24) is 15.5 Å². The molecule has 0 aliphatic carbocycles. The van der Waals surface area contributed by atoms with Crippen molar-refractivity contribution >= 4 is 29.9 Å². The van der Waals surface area contributed by atoms with E-state index in [-0.39, 0.29) is 29.6 Å². The van der Waals surface area contributed by atoms with Crippen molar-refractivity contribution in [2.75, 3.05) is 33.3 Å². The summed E-state index contributed by atoms with van der Waals surface area (Å²) in [4.78, 5) is 6.95. The molecule has 2 aliphatic rings. The first-order chi connectivity index (χ1) is 12.2. The second-order valence-corrected chi connectivity index (χ2v) is 7.46. The number of likely N-dealkylation sites (tertiary alicyclic amines) is 1. The Labute approximate surface area is 175 Å². The molecule has 0 radical (unpaired) electrons. The number of nitrogens with one attached hydrogen (secondary N) is 2. The summed E-state index contributed by atoms with van der Waals surface area (Å²) < 4.78 is 5.84. The Morgan fingerprint density at radius 3 is 2.77 bits per heavy atom. The third-order valence-electron chi connectivity index (χ3n) is 5.39. The molecular formula is C20H33IN4O. The van der Waals surface area contributed by atoms with Crippen molar-refractivity contribution in [3.63, 3.8) is 0 Å². The maximum absolute atomic E-state index is 5.84. The van der Waals surface area contributed by atoms with Crippen LogP contribution >= 0.6 is 24.0 Å². The molecule has 2 heterocycles. The molecule has 146 valence electrons. The van der Waals surface area contributed by atoms with Gasteiger partial charge in [0.15, 0.2) is 5.96 Å². The minimum absolute atomic E-state index is 0. The molecule has 2 saturated heterocycles. The maximum Gasteiger partial charge on any atom is 0.191 e. The number of hydrogen-bond donors (Lipinski definition) is 2. The van der Waals surface area contributed by atoms with Gasteiger partial charge in [0.25, 0.3) is 0 Å². The fourth-order valence-corrected chi connectivity index (χ4v) is 3.83. The van der Waals surface area contributed by atoms with Crippen LogP contribution in [0.3, 0.4) is 0 Å². The molecule has 0 amide bonds. The van der Waals surface area contributed by atoms with Gasteiger partial charge < -0.3 is 15.4 Å².